The number of morpholine rings is 1. The molecule has 0 aromatic heterocycles. The minimum Gasteiger partial charge on any atom is -0.394 e. The van der Waals surface area contributed by atoms with Gasteiger partial charge in [-0.25, -0.2) is 0 Å². The first-order chi connectivity index (χ1) is 17.5. The second-order valence-electron chi connectivity index (χ2n) is 10.2. The van der Waals surface area contributed by atoms with Gasteiger partial charge in [-0.2, -0.15) is 13.2 Å². The molecule has 2 aliphatic heterocycles. The van der Waals surface area contributed by atoms with Crippen molar-refractivity contribution in [2.45, 2.75) is 70.3 Å². The standard InChI is InChI=1S/C27H35F3N4O3/c1-17-15-34(16-18(2)37-17)26(36)25(31)21-7-5-9-23(21)32-14-24(35)33-12-10-19(11-13-33)20-6-3-4-8-22(20)27(28,29)30/h3-4,6,8,17-19H,5,7,9-16,31H2,1-2H3/b25-21-,32-23?/t17-,18+. The molecule has 1 saturated carbocycles. The molecule has 3 fully saturated rings. The number of nitrogens with two attached hydrogens (primary N) is 1. The summed E-state index contributed by atoms with van der Waals surface area (Å²) in [5.74, 6) is -0.629. The molecular formula is C27H35F3N4O3. The van der Waals surface area contributed by atoms with E-state index in [9.17, 15) is 22.8 Å². The zero-order valence-corrected chi connectivity index (χ0v) is 21.4. The molecule has 1 aromatic rings. The van der Waals surface area contributed by atoms with Crippen LogP contribution in [0.1, 0.15) is 63.0 Å². The smallest absolute Gasteiger partial charge is 0.394 e. The maximum atomic E-state index is 13.4. The summed E-state index contributed by atoms with van der Waals surface area (Å²) in [4.78, 5) is 33.8. The van der Waals surface area contributed by atoms with Crippen LogP contribution in [-0.4, -0.2) is 72.3 Å². The molecule has 37 heavy (non-hydrogen) atoms. The van der Waals surface area contributed by atoms with Crippen LogP contribution in [0.2, 0.25) is 0 Å². The molecule has 2 amide bonds. The molecule has 2 saturated heterocycles. The summed E-state index contributed by atoms with van der Waals surface area (Å²) < 4.78 is 45.9. The summed E-state index contributed by atoms with van der Waals surface area (Å²) in [5.41, 5.74) is 7.59. The summed E-state index contributed by atoms with van der Waals surface area (Å²) in [6.45, 7) is 5.51. The Morgan fingerprint density at radius 1 is 1.05 bits per heavy atom. The number of hydrogen-bond donors (Lipinski definition) is 1. The van der Waals surface area contributed by atoms with Crippen molar-refractivity contribution in [2.75, 3.05) is 32.7 Å². The second kappa shape index (κ2) is 11.2. The van der Waals surface area contributed by atoms with Crippen molar-refractivity contribution in [2.24, 2.45) is 10.7 Å². The lowest BCUT2D eigenvalue weighted by atomic mass is 9.86. The van der Waals surface area contributed by atoms with E-state index in [1.807, 2.05) is 13.8 Å². The van der Waals surface area contributed by atoms with Gasteiger partial charge in [0.1, 0.15) is 12.2 Å². The second-order valence-corrected chi connectivity index (χ2v) is 10.2. The van der Waals surface area contributed by atoms with Crippen molar-refractivity contribution in [3.8, 4) is 0 Å². The first kappa shape index (κ1) is 27.2. The largest absolute Gasteiger partial charge is 0.416 e. The lowest BCUT2D eigenvalue weighted by molar-refractivity contribution is -0.139. The van der Waals surface area contributed by atoms with Crippen LogP contribution in [0.4, 0.5) is 13.2 Å². The first-order valence-electron chi connectivity index (χ1n) is 13.0. The predicted octanol–water partition coefficient (Wildman–Crippen LogP) is 3.88. The van der Waals surface area contributed by atoms with Gasteiger partial charge in [0.2, 0.25) is 5.91 Å². The maximum Gasteiger partial charge on any atom is 0.416 e. The van der Waals surface area contributed by atoms with Gasteiger partial charge in [-0.1, -0.05) is 18.2 Å². The van der Waals surface area contributed by atoms with Crippen molar-refractivity contribution in [1.82, 2.24) is 9.80 Å². The number of benzene rings is 1. The van der Waals surface area contributed by atoms with Crippen LogP contribution in [0.25, 0.3) is 0 Å². The monoisotopic (exact) mass is 520 g/mol. The number of nitrogens with zero attached hydrogens (tertiary/aromatic N) is 3. The predicted molar refractivity (Wildman–Crippen MR) is 134 cm³/mol. The number of piperidine rings is 1. The fourth-order valence-corrected chi connectivity index (χ4v) is 5.65. The van der Waals surface area contributed by atoms with E-state index in [1.165, 1.54) is 12.1 Å². The molecule has 3 aliphatic rings. The van der Waals surface area contributed by atoms with Crippen LogP contribution in [-0.2, 0) is 20.5 Å². The van der Waals surface area contributed by atoms with Crippen LogP contribution in [0.15, 0.2) is 40.5 Å². The Bertz CT molecular complexity index is 1070. The van der Waals surface area contributed by atoms with Gasteiger partial charge in [-0.05, 0) is 63.5 Å². The molecule has 1 aromatic carbocycles. The molecule has 2 N–H and O–H groups in total. The molecule has 1 aliphatic carbocycles. The average molecular weight is 521 g/mol. The van der Waals surface area contributed by atoms with E-state index in [0.29, 0.717) is 68.7 Å². The van der Waals surface area contributed by atoms with E-state index in [2.05, 4.69) is 4.99 Å². The van der Waals surface area contributed by atoms with Crippen LogP contribution in [0.3, 0.4) is 0 Å². The molecule has 4 rings (SSSR count). The Hall–Kier alpha value is -2.88. The van der Waals surface area contributed by atoms with Crippen molar-refractivity contribution in [3.63, 3.8) is 0 Å². The van der Waals surface area contributed by atoms with E-state index >= 15 is 0 Å². The van der Waals surface area contributed by atoms with Gasteiger partial charge < -0.3 is 20.3 Å². The lowest BCUT2D eigenvalue weighted by Gasteiger charge is -2.35. The van der Waals surface area contributed by atoms with Gasteiger partial charge >= 0.3 is 6.18 Å². The number of aliphatic imine (C=N–C) groups is 1. The van der Waals surface area contributed by atoms with E-state index in [4.69, 9.17) is 10.5 Å². The van der Waals surface area contributed by atoms with Crippen molar-refractivity contribution in [3.05, 3.63) is 46.7 Å². The maximum absolute atomic E-state index is 13.4. The van der Waals surface area contributed by atoms with Gasteiger partial charge in [0.15, 0.2) is 0 Å². The summed E-state index contributed by atoms with van der Waals surface area (Å²) in [5, 5.41) is 0. The number of alkyl halides is 3. The zero-order valence-electron chi connectivity index (χ0n) is 21.4. The summed E-state index contributed by atoms with van der Waals surface area (Å²) in [6.07, 6.45) is -1.47. The van der Waals surface area contributed by atoms with Gasteiger partial charge in [0.05, 0.1) is 17.8 Å². The lowest BCUT2D eigenvalue weighted by Crippen LogP contribution is -2.49. The normalized spacial score (nSPS) is 26.0. The fraction of sp³-hybridized carbons (Fsp3) is 0.593. The minimum atomic E-state index is -4.40. The van der Waals surface area contributed by atoms with Gasteiger partial charge in [-0.15, -0.1) is 0 Å². The van der Waals surface area contributed by atoms with Gasteiger partial charge in [-0.3, -0.25) is 14.6 Å². The molecule has 2 heterocycles. The van der Waals surface area contributed by atoms with E-state index in [1.54, 1.807) is 15.9 Å². The van der Waals surface area contributed by atoms with Crippen molar-refractivity contribution in [1.29, 1.82) is 0 Å². The number of halogens is 3. The van der Waals surface area contributed by atoms with Crippen LogP contribution >= 0.6 is 0 Å². The number of carbonyl (C=O) groups excluding carboxylic acids is 2. The molecule has 0 bridgehead atoms. The highest BCUT2D eigenvalue weighted by Gasteiger charge is 2.36. The Morgan fingerprint density at radius 2 is 1.70 bits per heavy atom. The summed E-state index contributed by atoms with van der Waals surface area (Å²) in [7, 11) is 0. The average Bonchev–Trinajstić information content (AvgIpc) is 3.34. The SMILES string of the molecule is C[C@@H]1CN(C(=O)/C(N)=C2\CCCC2=NCC(=O)N2CCC(c3ccccc3C(F)(F)F)CC2)C[C@H](C)O1. The Kier molecular flexibility index (Phi) is 8.26. The number of carbonyl (C=O) groups is 2. The molecular weight excluding hydrogens is 485 g/mol. The van der Waals surface area contributed by atoms with E-state index in [-0.39, 0.29) is 42.2 Å². The molecule has 2 atom stereocenters. The topological polar surface area (TPSA) is 88.2 Å². The molecule has 10 heteroatoms. The van der Waals surface area contributed by atoms with Gasteiger partial charge in [0, 0.05) is 37.5 Å². The third kappa shape index (κ3) is 6.34. The molecule has 0 spiro atoms. The van der Waals surface area contributed by atoms with Crippen LogP contribution < -0.4 is 5.73 Å². The number of amides is 2. The Morgan fingerprint density at radius 3 is 2.35 bits per heavy atom. The third-order valence-electron chi connectivity index (χ3n) is 7.41. The van der Waals surface area contributed by atoms with Crippen molar-refractivity contribution >= 4 is 17.5 Å². The molecule has 0 radical (unpaired) electrons. The number of ether oxygens (including phenoxy) is 1. The van der Waals surface area contributed by atoms with Gasteiger partial charge in [0.25, 0.3) is 5.91 Å². The van der Waals surface area contributed by atoms with E-state index < -0.39 is 11.7 Å². The zero-order chi connectivity index (χ0) is 26.7. The number of hydrogen-bond acceptors (Lipinski definition) is 5. The van der Waals surface area contributed by atoms with Crippen LogP contribution in [0.5, 0.6) is 0 Å². The Labute approximate surface area is 215 Å². The van der Waals surface area contributed by atoms with Crippen molar-refractivity contribution < 1.29 is 27.5 Å². The fourth-order valence-electron chi connectivity index (χ4n) is 5.65. The third-order valence-corrected chi connectivity index (χ3v) is 7.41. The Balaban J connectivity index is 1.37. The molecule has 202 valence electrons. The van der Waals surface area contributed by atoms with E-state index in [0.717, 1.165) is 12.5 Å². The highest BCUT2D eigenvalue weighted by molar-refractivity contribution is 6.09. The highest BCUT2D eigenvalue weighted by Crippen LogP contribution is 2.38. The first-order valence-corrected chi connectivity index (χ1v) is 13.0. The highest BCUT2D eigenvalue weighted by atomic mass is 19.4. The summed E-state index contributed by atoms with van der Waals surface area (Å²) >= 11 is 0. The van der Waals surface area contributed by atoms with Crippen LogP contribution in [0, 0.1) is 0 Å². The number of allylic oxidation sites excluding steroid dienone is 1. The number of rotatable bonds is 4. The quantitative estimate of drug-likeness (QED) is 0.611. The molecule has 0 unspecified atom stereocenters. The summed E-state index contributed by atoms with van der Waals surface area (Å²) in [6, 6.07) is 5.68. The number of likely N-dealkylation sites (tertiary alicyclic amines) is 1. The minimum absolute atomic E-state index is 0.0598. The molecule has 7 nitrogen and oxygen atoms in total.